The summed E-state index contributed by atoms with van der Waals surface area (Å²) in [6.45, 7) is -0.992. The molecular weight excluding hydrogens is 319 g/mol. The molecule has 0 spiro atoms. The van der Waals surface area contributed by atoms with Gasteiger partial charge in [-0.15, -0.1) is 0 Å². The van der Waals surface area contributed by atoms with Crippen molar-refractivity contribution in [3.05, 3.63) is 47.5 Å². The maximum atomic E-state index is 12.2. The van der Waals surface area contributed by atoms with Crippen LogP contribution in [-0.4, -0.2) is 37.1 Å². The van der Waals surface area contributed by atoms with Crippen LogP contribution >= 0.6 is 0 Å². The van der Waals surface area contributed by atoms with Crippen LogP contribution in [0.3, 0.4) is 0 Å². The van der Waals surface area contributed by atoms with Gasteiger partial charge in [0.1, 0.15) is 0 Å². The van der Waals surface area contributed by atoms with E-state index in [4.69, 9.17) is 5.26 Å². The Morgan fingerprint density at radius 1 is 1.46 bits per heavy atom. The number of likely N-dealkylation sites (N-methyl/N-ethyl adjacent to an activating group) is 1. The summed E-state index contributed by atoms with van der Waals surface area (Å²) in [7, 11) is 1.34. The van der Waals surface area contributed by atoms with Crippen molar-refractivity contribution in [2.24, 2.45) is 0 Å². The fourth-order valence-electron chi connectivity index (χ4n) is 2.49. The van der Waals surface area contributed by atoms with E-state index in [1.54, 1.807) is 18.2 Å². The van der Waals surface area contributed by atoms with Crippen LogP contribution in [0.25, 0.3) is 0 Å². The second kappa shape index (κ2) is 7.05. The number of halogens is 3. The van der Waals surface area contributed by atoms with E-state index < -0.39 is 18.3 Å². The van der Waals surface area contributed by atoms with Gasteiger partial charge in [0.05, 0.1) is 23.7 Å². The molecule has 1 aromatic rings. The molecule has 1 aliphatic rings. The van der Waals surface area contributed by atoms with Gasteiger partial charge in [-0.1, -0.05) is 18.2 Å². The minimum Gasteiger partial charge on any atom is -0.343 e. The zero-order chi connectivity index (χ0) is 17.8. The summed E-state index contributed by atoms with van der Waals surface area (Å²) >= 11 is 0. The molecule has 1 fully saturated rings. The monoisotopic (exact) mass is 337 g/mol. The molecule has 7 heteroatoms. The Morgan fingerprint density at radius 2 is 2.17 bits per heavy atom. The minimum absolute atomic E-state index is 0.0316. The zero-order valence-corrected chi connectivity index (χ0v) is 13.2. The normalized spacial score (nSPS) is 16.2. The summed E-state index contributed by atoms with van der Waals surface area (Å²) in [5, 5.41) is 11.8. The van der Waals surface area contributed by atoms with E-state index in [9.17, 15) is 18.0 Å². The van der Waals surface area contributed by atoms with Crippen molar-refractivity contribution in [1.29, 1.82) is 5.26 Å². The first-order chi connectivity index (χ1) is 11.2. The number of nitrogens with zero attached hydrogens (tertiary/aromatic N) is 2. The molecule has 0 heterocycles. The second-order valence-corrected chi connectivity index (χ2v) is 5.98. The standard InChI is InChI=1S/C17H18F3N3O/c1-23(12-17(18,19)20)9-3-6-15(24)22-16(7-8-16)14-5-2-4-13(10-14)11-21/h2-6,10H,7-9,12H2,1H3,(H,22,24)/b6-3+. The van der Waals surface area contributed by atoms with Gasteiger partial charge in [-0.05, 0) is 37.6 Å². The van der Waals surface area contributed by atoms with Crippen molar-refractivity contribution >= 4 is 5.91 Å². The number of nitriles is 1. The molecule has 24 heavy (non-hydrogen) atoms. The third-order valence-corrected chi connectivity index (χ3v) is 3.79. The van der Waals surface area contributed by atoms with E-state index in [2.05, 4.69) is 11.4 Å². The summed E-state index contributed by atoms with van der Waals surface area (Å²) in [5.74, 6) is -0.352. The Hall–Kier alpha value is -2.33. The highest BCUT2D eigenvalue weighted by Gasteiger charge is 2.45. The van der Waals surface area contributed by atoms with Crippen LogP contribution in [0.5, 0.6) is 0 Å². The van der Waals surface area contributed by atoms with Crippen molar-refractivity contribution < 1.29 is 18.0 Å². The number of carbonyl (C=O) groups excluding carboxylic acids is 1. The van der Waals surface area contributed by atoms with Gasteiger partial charge < -0.3 is 5.32 Å². The third-order valence-electron chi connectivity index (χ3n) is 3.79. The Labute approximate surface area is 138 Å². The van der Waals surface area contributed by atoms with Gasteiger partial charge in [-0.2, -0.15) is 18.4 Å². The Bertz CT molecular complexity index is 672. The van der Waals surface area contributed by atoms with Gasteiger partial charge in [-0.25, -0.2) is 0 Å². The smallest absolute Gasteiger partial charge is 0.343 e. The van der Waals surface area contributed by atoms with Crippen molar-refractivity contribution in [3.8, 4) is 6.07 Å². The van der Waals surface area contributed by atoms with Crippen LogP contribution in [0.15, 0.2) is 36.4 Å². The molecule has 0 saturated heterocycles. The summed E-state index contributed by atoms with van der Waals surface area (Å²) in [4.78, 5) is 13.1. The topological polar surface area (TPSA) is 56.1 Å². The van der Waals surface area contributed by atoms with Crippen molar-refractivity contribution in [2.45, 2.75) is 24.6 Å². The average molecular weight is 337 g/mol. The van der Waals surface area contributed by atoms with Crippen LogP contribution < -0.4 is 5.32 Å². The molecule has 4 nitrogen and oxygen atoms in total. The highest BCUT2D eigenvalue weighted by molar-refractivity contribution is 5.88. The quantitative estimate of drug-likeness (QED) is 0.812. The van der Waals surface area contributed by atoms with E-state index in [1.807, 2.05) is 6.07 Å². The maximum Gasteiger partial charge on any atom is 0.401 e. The molecule has 1 aromatic carbocycles. The third kappa shape index (κ3) is 5.10. The lowest BCUT2D eigenvalue weighted by molar-refractivity contribution is -0.141. The molecule has 0 atom stereocenters. The van der Waals surface area contributed by atoms with Crippen molar-refractivity contribution in [1.82, 2.24) is 10.2 Å². The molecule has 2 rings (SSSR count). The average Bonchev–Trinajstić information content (AvgIpc) is 3.26. The van der Waals surface area contributed by atoms with E-state index in [0.717, 1.165) is 23.3 Å². The molecule has 1 aliphatic carbocycles. The predicted molar refractivity (Wildman–Crippen MR) is 82.9 cm³/mol. The molecule has 1 N–H and O–H groups in total. The Balaban J connectivity index is 1.90. The number of carbonyl (C=O) groups is 1. The largest absolute Gasteiger partial charge is 0.401 e. The van der Waals surface area contributed by atoms with E-state index in [-0.39, 0.29) is 12.5 Å². The molecule has 1 amide bonds. The zero-order valence-electron chi connectivity index (χ0n) is 13.2. The number of benzene rings is 1. The van der Waals surface area contributed by atoms with Gasteiger partial charge in [0.2, 0.25) is 5.91 Å². The molecule has 0 radical (unpaired) electrons. The maximum absolute atomic E-state index is 12.2. The number of rotatable bonds is 6. The molecule has 0 unspecified atom stereocenters. The molecule has 128 valence electrons. The Kier molecular flexibility index (Phi) is 5.30. The first-order valence-corrected chi connectivity index (χ1v) is 7.49. The number of amides is 1. The summed E-state index contributed by atoms with van der Waals surface area (Å²) in [6.07, 6.45) is -0.0521. The van der Waals surface area contributed by atoms with Crippen LogP contribution in [-0.2, 0) is 10.3 Å². The van der Waals surface area contributed by atoms with Crippen molar-refractivity contribution in [2.75, 3.05) is 20.1 Å². The first-order valence-electron chi connectivity index (χ1n) is 7.49. The van der Waals surface area contributed by atoms with Crippen LogP contribution in [0, 0.1) is 11.3 Å². The van der Waals surface area contributed by atoms with Gasteiger partial charge in [0.25, 0.3) is 0 Å². The Morgan fingerprint density at radius 3 is 2.75 bits per heavy atom. The fourth-order valence-corrected chi connectivity index (χ4v) is 2.49. The number of hydrogen-bond donors (Lipinski definition) is 1. The van der Waals surface area contributed by atoms with Crippen LogP contribution in [0.1, 0.15) is 24.0 Å². The SMILES string of the molecule is CN(C/C=C/C(=O)NC1(c2cccc(C#N)c2)CC1)CC(F)(F)F. The molecule has 0 aromatic heterocycles. The predicted octanol–water partition coefficient (Wildman–Crippen LogP) is 2.71. The van der Waals surface area contributed by atoms with Crippen LogP contribution in [0.2, 0.25) is 0 Å². The van der Waals surface area contributed by atoms with Gasteiger partial charge in [0, 0.05) is 12.6 Å². The van der Waals surface area contributed by atoms with Gasteiger partial charge in [0.15, 0.2) is 0 Å². The minimum atomic E-state index is -4.26. The molecule has 0 bridgehead atoms. The van der Waals surface area contributed by atoms with E-state index >= 15 is 0 Å². The lowest BCUT2D eigenvalue weighted by Crippen LogP contribution is -2.34. The first kappa shape index (κ1) is 18.0. The summed E-state index contributed by atoms with van der Waals surface area (Å²) in [5.41, 5.74) is 0.932. The van der Waals surface area contributed by atoms with E-state index in [0.29, 0.717) is 5.56 Å². The van der Waals surface area contributed by atoms with Gasteiger partial charge in [-0.3, -0.25) is 9.69 Å². The lowest BCUT2D eigenvalue weighted by Gasteiger charge is -2.18. The fraction of sp³-hybridized carbons (Fsp3) is 0.412. The number of alkyl halides is 3. The summed E-state index contributed by atoms with van der Waals surface area (Å²) in [6, 6.07) is 9.12. The number of nitrogens with one attached hydrogen (secondary N) is 1. The van der Waals surface area contributed by atoms with Gasteiger partial charge >= 0.3 is 6.18 Å². The highest BCUT2D eigenvalue weighted by Crippen LogP contribution is 2.45. The van der Waals surface area contributed by atoms with Crippen molar-refractivity contribution in [3.63, 3.8) is 0 Å². The second-order valence-electron chi connectivity index (χ2n) is 5.98. The molecule has 0 aliphatic heterocycles. The van der Waals surface area contributed by atoms with Crippen LogP contribution in [0.4, 0.5) is 13.2 Å². The lowest BCUT2D eigenvalue weighted by atomic mass is 10.0. The van der Waals surface area contributed by atoms with E-state index in [1.165, 1.54) is 19.2 Å². The highest BCUT2D eigenvalue weighted by atomic mass is 19.4. The summed E-state index contributed by atoms with van der Waals surface area (Å²) < 4.78 is 36.6. The molecular formula is C17H18F3N3O. The molecule has 1 saturated carbocycles. The number of hydrogen-bond acceptors (Lipinski definition) is 3.